The highest BCUT2D eigenvalue weighted by atomic mass is 32.1. The van der Waals surface area contributed by atoms with Gasteiger partial charge in [-0.2, -0.15) is 0 Å². The van der Waals surface area contributed by atoms with Gasteiger partial charge in [-0.05, 0) is 80.5 Å². The van der Waals surface area contributed by atoms with Gasteiger partial charge in [-0.25, -0.2) is 0 Å². The molecule has 0 unspecified atom stereocenters. The zero-order valence-electron chi connectivity index (χ0n) is 15.9. The van der Waals surface area contributed by atoms with Crippen molar-refractivity contribution in [3.05, 3.63) is 83.4 Å². The number of aryl methyl sites for hydroxylation is 2. The largest absolute Gasteiger partial charge is 0.352 e. The molecule has 1 aliphatic rings. The predicted molar refractivity (Wildman–Crippen MR) is 113 cm³/mol. The summed E-state index contributed by atoms with van der Waals surface area (Å²) in [5.74, 6) is 0. The molecule has 0 radical (unpaired) electrons. The number of rotatable bonds is 4. The van der Waals surface area contributed by atoms with Crippen molar-refractivity contribution in [1.82, 2.24) is 19.8 Å². The molecule has 4 rings (SSSR count). The molecular formula is C22H24N4S. The van der Waals surface area contributed by atoms with E-state index in [1.54, 1.807) is 0 Å². The molecule has 1 fully saturated rings. The van der Waals surface area contributed by atoms with Crippen molar-refractivity contribution in [1.29, 1.82) is 0 Å². The fraction of sp³-hybridized carbons (Fsp3) is 0.273. The van der Waals surface area contributed by atoms with E-state index < -0.39 is 0 Å². The first-order valence-corrected chi connectivity index (χ1v) is 9.74. The Morgan fingerprint density at radius 2 is 1.93 bits per heavy atom. The van der Waals surface area contributed by atoms with E-state index in [1.165, 1.54) is 22.5 Å². The third-order valence-corrected chi connectivity index (χ3v) is 5.74. The van der Waals surface area contributed by atoms with Gasteiger partial charge in [-0.3, -0.25) is 4.98 Å². The van der Waals surface area contributed by atoms with Gasteiger partial charge in [0, 0.05) is 30.3 Å². The van der Waals surface area contributed by atoms with Crippen LogP contribution >= 0.6 is 12.2 Å². The Balaban J connectivity index is 1.81. The van der Waals surface area contributed by atoms with Gasteiger partial charge in [-0.1, -0.05) is 12.1 Å². The molecule has 1 N–H and O–H groups in total. The van der Waals surface area contributed by atoms with Crippen molar-refractivity contribution in [2.24, 2.45) is 0 Å². The lowest BCUT2D eigenvalue weighted by atomic mass is 10.0. The van der Waals surface area contributed by atoms with Crippen LogP contribution in [0.25, 0.3) is 5.69 Å². The van der Waals surface area contributed by atoms with Gasteiger partial charge in [0.1, 0.15) is 0 Å². The molecule has 0 bridgehead atoms. The fourth-order valence-corrected chi connectivity index (χ4v) is 4.18. The number of likely N-dealkylation sites (N-methyl/N-ethyl adjacent to an activating group) is 1. The molecule has 0 amide bonds. The normalized spacial score (nSPS) is 19.4. The Kier molecular flexibility index (Phi) is 4.70. The van der Waals surface area contributed by atoms with Gasteiger partial charge in [0.2, 0.25) is 0 Å². The Morgan fingerprint density at radius 3 is 2.63 bits per heavy atom. The molecule has 1 saturated heterocycles. The Hall–Kier alpha value is -2.66. The summed E-state index contributed by atoms with van der Waals surface area (Å²) in [5.41, 5.74) is 5.99. The number of benzene rings is 1. The third-order valence-electron chi connectivity index (χ3n) is 5.39. The second kappa shape index (κ2) is 7.16. The van der Waals surface area contributed by atoms with E-state index in [1.807, 2.05) is 18.3 Å². The molecule has 3 aromatic rings. The first kappa shape index (κ1) is 17.7. The van der Waals surface area contributed by atoms with Crippen LogP contribution in [-0.4, -0.2) is 26.1 Å². The van der Waals surface area contributed by atoms with E-state index in [9.17, 15) is 0 Å². The fourth-order valence-electron chi connectivity index (χ4n) is 3.81. The zero-order chi connectivity index (χ0) is 19.0. The summed E-state index contributed by atoms with van der Waals surface area (Å²) in [6.45, 7) is 7.29. The molecule has 5 heteroatoms. The molecule has 0 aliphatic carbocycles. The van der Waals surface area contributed by atoms with Crippen molar-refractivity contribution in [3.8, 4) is 5.69 Å². The number of nitrogens with zero attached hydrogens (tertiary/aromatic N) is 3. The van der Waals surface area contributed by atoms with Crippen molar-refractivity contribution in [2.75, 3.05) is 6.54 Å². The Bertz CT molecular complexity index is 963. The number of thiocarbonyl (C=S) groups is 1. The molecule has 0 saturated carbocycles. The van der Waals surface area contributed by atoms with E-state index in [2.05, 4.69) is 83.1 Å². The van der Waals surface area contributed by atoms with Gasteiger partial charge >= 0.3 is 0 Å². The van der Waals surface area contributed by atoms with Gasteiger partial charge in [0.05, 0.1) is 17.8 Å². The van der Waals surface area contributed by atoms with Crippen molar-refractivity contribution in [2.45, 2.75) is 32.9 Å². The maximum absolute atomic E-state index is 5.64. The summed E-state index contributed by atoms with van der Waals surface area (Å²) in [4.78, 5) is 6.85. The predicted octanol–water partition coefficient (Wildman–Crippen LogP) is 4.48. The average Bonchev–Trinajstić information content (AvgIpc) is 3.28. The molecule has 1 aromatic carbocycles. The Labute approximate surface area is 165 Å². The van der Waals surface area contributed by atoms with Gasteiger partial charge < -0.3 is 14.8 Å². The molecule has 1 aliphatic heterocycles. The summed E-state index contributed by atoms with van der Waals surface area (Å²) in [6.07, 6.45) is 3.97. The van der Waals surface area contributed by atoms with E-state index in [0.29, 0.717) is 0 Å². The topological polar surface area (TPSA) is 33.1 Å². The molecule has 138 valence electrons. The summed E-state index contributed by atoms with van der Waals surface area (Å²) in [7, 11) is 0. The standard InChI is InChI=1S/C22H24N4S/c1-4-25-21(20(24-22(25)27)18-8-5-6-12-23-18)19-9-7-13-26(19)17-11-10-15(2)16(3)14-17/h5-14,20-21H,4H2,1-3H3,(H,24,27)/t20-,21-/m0/s1. The monoisotopic (exact) mass is 376 g/mol. The minimum atomic E-state index is 0.0267. The van der Waals surface area contributed by atoms with Gasteiger partial charge in [-0.15, -0.1) is 0 Å². The van der Waals surface area contributed by atoms with E-state index in [0.717, 1.165) is 17.4 Å². The maximum Gasteiger partial charge on any atom is 0.170 e. The second-order valence-electron chi connectivity index (χ2n) is 6.98. The van der Waals surface area contributed by atoms with E-state index in [4.69, 9.17) is 12.2 Å². The molecule has 2 aromatic heterocycles. The summed E-state index contributed by atoms with van der Waals surface area (Å²) in [5, 5.41) is 4.27. The number of hydrogen-bond acceptors (Lipinski definition) is 2. The molecule has 2 atom stereocenters. The molecule has 4 nitrogen and oxygen atoms in total. The number of aromatic nitrogens is 2. The third kappa shape index (κ3) is 3.12. The second-order valence-corrected chi connectivity index (χ2v) is 7.37. The van der Waals surface area contributed by atoms with Crippen LogP contribution in [0.1, 0.15) is 41.5 Å². The lowest BCUT2D eigenvalue weighted by Crippen LogP contribution is -2.30. The molecule has 0 spiro atoms. The number of hydrogen-bond donors (Lipinski definition) is 1. The molecule has 27 heavy (non-hydrogen) atoms. The minimum Gasteiger partial charge on any atom is -0.352 e. The van der Waals surface area contributed by atoms with Crippen molar-refractivity contribution < 1.29 is 0 Å². The lowest BCUT2D eigenvalue weighted by Gasteiger charge is -2.28. The number of nitrogens with one attached hydrogen (secondary N) is 1. The maximum atomic E-state index is 5.64. The number of pyridine rings is 1. The van der Waals surface area contributed by atoms with Crippen LogP contribution in [0.4, 0.5) is 0 Å². The summed E-state index contributed by atoms with van der Waals surface area (Å²) in [6, 6.07) is 17.1. The first-order chi connectivity index (χ1) is 13.1. The highest BCUT2D eigenvalue weighted by molar-refractivity contribution is 7.80. The zero-order valence-corrected chi connectivity index (χ0v) is 16.7. The molecular weight excluding hydrogens is 352 g/mol. The van der Waals surface area contributed by atoms with Crippen molar-refractivity contribution in [3.63, 3.8) is 0 Å². The van der Waals surface area contributed by atoms with E-state index in [-0.39, 0.29) is 12.1 Å². The van der Waals surface area contributed by atoms with Crippen LogP contribution in [-0.2, 0) is 0 Å². The van der Waals surface area contributed by atoms with Crippen LogP contribution in [0.5, 0.6) is 0 Å². The average molecular weight is 377 g/mol. The van der Waals surface area contributed by atoms with Crippen molar-refractivity contribution >= 4 is 17.3 Å². The highest BCUT2D eigenvalue weighted by Gasteiger charge is 2.40. The van der Waals surface area contributed by atoms with E-state index >= 15 is 0 Å². The highest BCUT2D eigenvalue weighted by Crippen LogP contribution is 2.39. The Morgan fingerprint density at radius 1 is 1.07 bits per heavy atom. The quantitative estimate of drug-likeness (QED) is 0.681. The SMILES string of the molecule is CCN1C(=S)N[C@@H](c2ccccn2)[C@@H]1c1cccn1-c1ccc(C)c(C)c1. The smallest absolute Gasteiger partial charge is 0.170 e. The summed E-state index contributed by atoms with van der Waals surface area (Å²) >= 11 is 5.64. The van der Waals surface area contributed by atoms with Gasteiger partial charge in [0.25, 0.3) is 0 Å². The molecule has 3 heterocycles. The minimum absolute atomic E-state index is 0.0267. The van der Waals surface area contributed by atoms with Gasteiger partial charge in [0.15, 0.2) is 5.11 Å². The van der Waals surface area contributed by atoms with Crippen LogP contribution in [0.3, 0.4) is 0 Å². The summed E-state index contributed by atoms with van der Waals surface area (Å²) < 4.78 is 2.27. The first-order valence-electron chi connectivity index (χ1n) is 9.33. The lowest BCUT2D eigenvalue weighted by molar-refractivity contribution is 0.321. The van der Waals surface area contributed by atoms with Crippen LogP contribution in [0.15, 0.2) is 60.9 Å². The van der Waals surface area contributed by atoms with Crippen LogP contribution < -0.4 is 5.32 Å². The van der Waals surface area contributed by atoms with Crippen LogP contribution in [0, 0.1) is 13.8 Å². The van der Waals surface area contributed by atoms with Crippen LogP contribution in [0.2, 0.25) is 0 Å².